The smallest absolute Gasteiger partial charge is 0.228 e. The first-order valence-electron chi connectivity index (χ1n) is 7.23. The lowest BCUT2D eigenvalue weighted by Crippen LogP contribution is -2.88. The number of carbonyl (C=O) groups excluding carboxylic acids is 1. The van der Waals surface area contributed by atoms with Gasteiger partial charge in [-0.05, 0) is 27.7 Å². The summed E-state index contributed by atoms with van der Waals surface area (Å²) in [6.07, 6.45) is 0.619. The summed E-state index contributed by atoms with van der Waals surface area (Å²) in [4.78, 5) is 13.9. The number of aryl methyl sites for hydroxylation is 1. The van der Waals surface area contributed by atoms with Crippen molar-refractivity contribution in [2.24, 2.45) is 0 Å². The van der Waals surface area contributed by atoms with Crippen LogP contribution < -0.4 is 5.32 Å². The summed E-state index contributed by atoms with van der Waals surface area (Å²) in [6, 6.07) is 8.91. The summed E-state index contributed by atoms with van der Waals surface area (Å²) in [6.45, 7) is 10.8. The lowest BCUT2D eigenvalue weighted by Gasteiger charge is -2.20. The largest absolute Gasteiger partial charge is 0.343 e. The van der Waals surface area contributed by atoms with Crippen molar-refractivity contribution >= 4 is 5.91 Å². The lowest BCUT2D eigenvalue weighted by molar-refractivity contribution is -0.700. The summed E-state index contributed by atoms with van der Waals surface area (Å²) in [5, 5.41) is 2.24. The van der Waals surface area contributed by atoms with Gasteiger partial charge in [0, 0.05) is 18.7 Å². The van der Waals surface area contributed by atoms with Crippen molar-refractivity contribution in [3.8, 4) is 0 Å². The maximum absolute atomic E-state index is 12.0. The third kappa shape index (κ3) is 5.43. The molecule has 2 N–H and O–H groups in total. The van der Waals surface area contributed by atoms with Crippen molar-refractivity contribution < 1.29 is 10.1 Å². The monoisotopic (exact) mass is 263 g/mol. The molecule has 1 amide bonds. The van der Waals surface area contributed by atoms with E-state index in [2.05, 4.69) is 43.4 Å². The zero-order valence-corrected chi connectivity index (χ0v) is 12.6. The van der Waals surface area contributed by atoms with Crippen LogP contribution in [0.1, 0.15) is 38.3 Å². The van der Waals surface area contributed by atoms with Gasteiger partial charge in [-0.25, -0.2) is 0 Å². The van der Waals surface area contributed by atoms with Gasteiger partial charge >= 0.3 is 0 Å². The van der Waals surface area contributed by atoms with E-state index in [1.165, 1.54) is 11.1 Å². The Morgan fingerprint density at radius 3 is 2.32 bits per heavy atom. The van der Waals surface area contributed by atoms with E-state index in [4.69, 9.17) is 0 Å². The Labute approximate surface area is 117 Å². The van der Waals surface area contributed by atoms with Crippen molar-refractivity contribution in [3.63, 3.8) is 0 Å². The molecule has 106 valence electrons. The summed E-state index contributed by atoms with van der Waals surface area (Å²) in [7, 11) is 0. The van der Waals surface area contributed by atoms with E-state index in [9.17, 15) is 4.79 Å². The molecule has 1 rings (SSSR count). The van der Waals surface area contributed by atoms with Gasteiger partial charge in [0.25, 0.3) is 0 Å². The molecule has 0 aliphatic heterocycles. The summed E-state index contributed by atoms with van der Waals surface area (Å²) < 4.78 is 0. The molecule has 0 aliphatic rings. The van der Waals surface area contributed by atoms with Crippen molar-refractivity contribution in [2.45, 2.75) is 46.7 Å². The molecule has 1 atom stereocenters. The van der Waals surface area contributed by atoms with Gasteiger partial charge < -0.3 is 10.2 Å². The number of rotatable bonds is 7. The highest BCUT2D eigenvalue weighted by Gasteiger charge is 2.15. The molecule has 0 saturated carbocycles. The first-order chi connectivity index (χ1) is 9.06. The Kier molecular flexibility index (Phi) is 6.57. The molecule has 3 heteroatoms. The molecular formula is C16H27N2O+. The molecule has 1 aromatic carbocycles. The Bertz CT molecular complexity index is 382. The Hall–Kier alpha value is -1.35. The second-order valence-electron chi connectivity index (χ2n) is 5.17. The minimum atomic E-state index is 0.262. The molecule has 0 radical (unpaired) electrons. The van der Waals surface area contributed by atoms with Crippen LogP contribution in [-0.4, -0.2) is 29.9 Å². The fourth-order valence-corrected chi connectivity index (χ4v) is 2.13. The van der Waals surface area contributed by atoms with E-state index in [1.807, 2.05) is 18.7 Å². The number of nitrogens with two attached hydrogens (primary N) is 1. The van der Waals surface area contributed by atoms with Crippen LogP contribution in [-0.2, 0) is 11.3 Å². The molecule has 3 nitrogen and oxygen atoms in total. The predicted octanol–water partition coefficient (Wildman–Crippen LogP) is 1.71. The van der Waals surface area contributed by atoms with Gasteiger partial charge in [-0.1, -0.05) is 29.8 Å². The minimum absolute atomic E-state index is 0.262. The molecule has 0 heterocycles. The predicted molar refractivity (Wildman–Crippen MR) is 78.8 cm³/mol. The standard InChI is InChI=1S/C16H26N2O/c1-5-18(6-2)16(19)11-14(4)17-12-15-9-7-13(3)8-10-15/h7-10,14,17H,5-6,11-12H2,1-4H3/p+1/t14-/m0/s1. The van der Waals surface area contributed by atoms with Gasteiger partial charge in [-0.3, -0.25) is 4.79 Å². The van der Waals surface area contributed by atoms with Crippen molar-refractivity contribution in [2.75, 3.05) is 13.1 Å². The van der Waals surface area contributed by atoms with Gasteiger partial charge in [0.15, 0.2) is 0 Å². The number of quaternary nitrogens is 1. The molecule has 0 saturated heterocycles. The van der Waals surface area contributed by atoms with Crippen molar-refractivity contribution in [1.82, 2.24) is 4.90 Å². The highest BCUT2D eigenvalue weighted by molar-refractivity contribution is 5.76. The second kappa shape index (κ2) is 7.95. The SMILES string of the molecule is CCN(CC)C(=O)C[C@H](C)[NH2+]Cc1ccc(C)cc1. The van der Waals surface area contributed by atoms with Crippen LogP contribution >= 0.6 is 0 Å². The van der Waals surface area contributed by atoms with Crippen molar-refractivity contribution in [1.29, 1.82) is 0 Å². The number of nitrogens with zero attached hydrogens (tertiary/aromatic N) is 1. The quantitative estimate of drug-likeness (QED) is 0.799. The molecule has 0 unspecified atom stereocenters. The van der Waals surface area contributed by atoms with Gasteiger partial charge in [0.05, 0.1) is 12.5 Å². The highest BCUT2D eigenvalue weighted by Crippen LogP contribution is 2.01. The van der Waals surface area contributed by atoms with Crippen LogP contribution in [0.25, 0.3) is 0 Å². The van der Waals surface area contributed by atoms with E-state index < -0.39 is 0 Å². The molecule has 0 spiro atoms. The van der Waals surface area contributed by atoms with E-state index in [1.54, 1.807) is 0 Å². The molecule has 0 bridgehead atoms. The highest BCUT2D eigenvalue weighted by atomic mass is 16.2. The number of carbonyl (C=O) groups is 1. The van der Waals surface area contributed by atoms with Crippen molar-refractivity contribution in [3.05, 3.63) is 35.4 Å². The second-order valence-corrected chi connectivity index (χ2v) is 5.17. The molecular weight excluding hydrogens is 236 g/mol. The van der Waals surface area contributed by atoms with Crippen LogP contribution in [0, 0.1) is 6.92 Å². The molecule has 19 heavy (non-hydrogen) atoms. The Morgan fingerprint density at radius 2 is 1.79 bits per heavy atom. The summed E-state index contributed by atoms with van der Waals surface area (Å²) >= 11 is 0. The van der Waals surface area contributed by atoms with Gasteiger partial charge in [0.2, 0.25) is 5.91 Å². The maximum atomic E-state index is 12.0. The average molecular weight is 263 g/mol. The fourth-order valence-electron chi connectivity index (χ4n) is 2.13. The zero-order valence-electron chi connectivity index (χ0n) is 12.6. The van der Waals surface area contributed by atoms with Crippen LogP contribution in [0.3, 0.4) is 0 Å². The summed E-state index contributed by atoms with van der Waals surface area (Å²) in [5.74, 6) is 0.262. The van der Waals surface area contributed by atoms with Gasteiger partial charge in [-0.15, -0.1) is 0 Å². The van der Waals surface area contributed by atoms with E-state index in [-0.39, 0.29) is 5.91 Å². The van der Waals surface area contributed by atoms with Crippen LogP contribution in [0.4, 0.5) is 0 Å². The van der Waals surface area contributed by atoms with Crippen LogP contribution in [0.2, 0.25) is 0 Å². The number of hydrogen-bond acceptors (Lipinski definition) is 1. The maximum Gasteiger partial charge on any atom is 0.228 e. The van der Waals surface area contributed by atoms with E-state index >= 15 is 0 Å². The number of amides is 1. The molecule has 1 aromatic rings. The van der Waals surface area contributed by atoms with Crippen LogP contribution in [0.15, 0.2) is 24.3 Å². The number of hydrogen-bond donors (Lipinski definition) is 1. The number of benzene rings is 1. The van der Waals surface area contributed by atoms with E-state index in [0.717, 1.165) is 19.6 Å². The van der Waals surface area contributed by atoms with Gasteiger partial charge in [0.1, 0.15) is 6.54 Å². The fraction of sp³-hybridized carbons (Fsp3) is 0.562. The first kappa shape index (κ1) is 15.7. The Morgan fingerprint density at radius 1 is 1.21 bits per heavy atom. The zero-order chi connectivity index (χ0) is 14.3. The molecule has 0 aliphatic carbocycles. The van der Waals surface area contributed by atoms with E-state index in [0.29, 0.717) is 12.5 Å². The molecule has 0 aromatic heterocycles. The third-order valence-corrected chi connectivity index (χ3v) is 3.49. The normalized spacial score (nSPS) is 12.2. The first-order valence-corrected chi connectivity index (χ1v) is 7.23. The summed E-state index contributed by atoms with van der Waals surface area (Å²) in [5.41, 5.74) is 2.60. The molecule has 0 fully saturated rings. The third-order valence-electron chi connectivity index (χ3n) is 3.49. The topological polar surface area (TPSA) is 36.9 Å². The average Bonchev–Trinajstić information content (AvgIpc) is 2.39. The Balaban J connectivity index is 2.37. The van der Waals surface area contributed by atoms with Gasteiger partial charge in [-0.2, -0.15) is 0 Å². The van der Waals surface area contributed by atoms with Crippen LogP contribution in [0.5, 0.6) is 0 Å². The lowest BCUT2D eigenvalue weighted by atomic mass is 10.1. The minimum Gasteiger partial charge on any atom is -0.343 e.